The minimum atomic E-state index is 0.315. The minimum absolute atomic E-state index is 0.315. The van der Waals surface area contributed by atoms with E-state index in [9.17, 15) is 0 Å². The van der Waals surface area contributed by atoms with E-state index in [0.29, 0.717) is 6.04 Å². The van der Waals surface area contributed by atoms with Gasteiger partial charge in [0.2, 0.25) is 0 Å². The predicted molar refractivity (Wildman–Crippen MR) is 74.1 cm³/mol. The first-order valence-corrected chi connectivity index (χ1v) is 6.71. The highest BCUT2D eigenvalue weighted by molar-refractivity contribution is 9.10. The van der Waals surface area contributed by atoms with E-state index in [2.05, 4.69) is 69.8 Å². The Balaban J connectivity index is 2.09. The number of hydrogen-bond acceptors (Lipinski definition) is 1. The predicted octanol–water partition coefficient (Wildman–Crippen LogP) is 3.68. The third-order valence-corrected chi connectivity index (χ3v) is 4.05. The van der Waals surface area contributed by atoms with Crippen molar-refractivity contribution in [2.75, 3.05) is 6.54 Å². The lowest BCUT2D eigenvalue weighted by Crippen LogP contribution is -2.30. The number of fused-ring (bicyclic) bond motifs is 1. The quantitative estimate of drug-likeness (QED) is 0.844. The molecule has 0 amide bonds. The monoisotopic (exact) mass is 287 g/mol. The lowest BCUT2D eigenvalue weighted by molar-refractivity contribution is 0.566. The van der Waals surface area contributed by atoms with Gasteiger partial charge < -0.3 is 5.32 Å². The molecule has 1 nitrogen and oxygen atoms in total. The van der Waals surface area contributed by atoms with Crippen LogP contribution >= 0.6 is 15.9 Å². The Kier molecular flexibility index (Phi) is 3.00. The molecular weight excluding hydrogens is 274 g/mol. The summed E-state index contributed by atoms with van der Waals surface area (Å²) >= 11 is 3.64. The van der Waals surface area contributed by atoms with Gasteiger partial charge in [-0.3, -0.25) is 0 Å². The molecule has 1 aliphatic rings. The Hall–Kier alpha value is -1.12. The molecular formula is C15H14BrN. The van der Waals surface area contributed by atoms with Gasteiger partial charge in [-0.2, -0.15) is 0 Å². The van der Waals surface area contributed by atoms with Gasteiger partial charge in [0.25, 0.3) is 0 Å². The molecule has 0 radical (unpaired) electrons. The van der Waals surface area contributed by atoms with Crippen molar-refractivity contribution in [1.29, 1.82) is 0 Å². The molecule has 1 atom stereocenters. The van der Waals surface area contributed by atoms with Crippen molar-refractivity contribution in [1.82, 2.24) is 5.32 Å². The molecule has 0 bridgehead atoms. The molecule has 0 saturated carbocycles. The molecule has 86 valence electrons. The van der Waals surface area contributed by atoms with Crippen LogP contribution in [0.5, 0.6) is 0 Å². The molecule has 1 heterocycles. The summed E-state index contributed by atoms with van der Waals surface area (Å²) in [5.41, 5.74) is 4.19. The van der Waals surface area contributed by atoms with E-state index in [0.717, 1.165) is 13.0 Å². The van der Waals surface area contributed by atoms with E-state index in [1.54, 1.807) is 0 Å². The van der Waals surface area contributed by atoms with E-state index < -0.39 is 0 Å². The van der Waals surface area contributed by atoms with Crippen LogP contribution in [0.25, 0.3) is 0 Å². The molecule has 0 unspecified atom stereocenters. The summed E-state index contributed by atoms with van der Waals surface area (Å²) in [6, 6.07) is 17.5. The van der Waals surface area contributed by atoms with Gasteiger partial charge >= 0.3 is 0 Å². The highest BCUT2D eigenvalue weighted by atomic mass is 79.9. The highest BCUT2D eigenvalue weighted by Gasteiger charge is 2.21. The van der Waals surface area contributed by atoms with Gasteiger partial charge in [-0.1, -0.05) is 58.4 Å². The second-order valence-corrected chi connectivity index (χ2v) is 5.21. The summed E-state index contributed by atoms with van der Waals surface area (Å²) in [7, 11) is 0. The number of hydrogen-bond donors (Lipinski definition) is 1. The van der Waals surface area contributed by atoms with Gasteiger partial charge in [0, 0.05) is 11.0 Å². The fraction of sp³-hybridized carbons (Fsp3) is 0.200. The summed E-state index contributed by atoms with van der Waals surface area (Å²) < 4.78 is 1.18. The summed E-state index contributed by atoms with van der Waals surface area (Å²) in [5.74, 6) is 0. The first-order chi connectivity index (χ1) is 8.36. The second kappa shape index (κ2) is 4.63. The zero-order valence-electron chi connectivity index (χ0n) is 9.49. The lowest BCUT2D eigenvalue weighted by atomic mass is 9.90. The van der Waals surface area contributed by atoms with Crippen LogP contribution in [0.15, 0.2) is 53.0 Å². The molecule has 17 heavy (non-hydrogen) atoms. The molecule has 1 N–H and O–H groups in total. The van der Waals surface area contributed by atoms with Crippen molar-refractivity contribution in [3.05, 3.63) is 69.7 Å². The number of nitrogens with one attached hydrogen (secondary N) is 1. The topological polar surface area (TPSA) is 12.0 Å². The Bertz CT molecular complexity index is 536. The zero-order chi connectivity index (χ0) is 11.7. The molecule has 2 heteroatoms. The third-order valence-electron chi connectivity index (χ3n) is 3.33. The van der Waals surface area contributed by atoms with Gasteiger partial charge in [-0.15, -0.1) is 0 Å². The maximum atomic E-state index is 3.64. The summed E-state index contributed by atoms with van der Waals surface area (Å²) in [6.07, 6.45) is 1.12. The van der Waals surface area contributed by atoms with Crippen LogP contribution in [-0.2, 0) is 6.42 Å². The van der Waals surface area contributed by atoms with Crippen molar-refractivity contribution in [2.24, 2.45) is 0 Å². The zero-order valence-corrected chi connectivity index (χ0v) is 11.1. The van der Waals surface area contributed by atoms with Crippen LogP contribution in [0, 0.1) is 0 Å². The average molecular weight is 288 g/mol. The first kappa shape index (κ1) is 11.0. The van der Waals surface area contributed by atoms with Gasteiger partial charge in [-0.25, -0.2) is 0 Å². The van der Waals surface area contributed by atoms with E-state index in [1.807, 2.05) is 0 Å². The largest absolute Gasteiger partial charge is 0.306 e. The molecule has 0 aromatic heterocycles. The SMILES string of the molecule is Brc1ccccc1[C@@H]1NCCc2ccccc21. The van der Waals surface area contributed by atoms with Gasteiger partial charge in [0.1, 0.15) is 0 Å². The van der Waals surface area contributed by atoms with E-state index in [1.165, 1.54) is 21.2 Å². The minimum Gasteiger partial charge on any atom is -0.306 e. The average Bonchev–Trinajstić information content (AvgIpc) is 2.39. The lowest BCUT2D eigenvalue weighted by Gasteiger charge is -2.28. The Morgan fingerprint density at radius 1 is 0.941 bits per heavy atom. The van der Waals surface area contributed by atoms with Crippen LogP contribution in [0.4, 0.5) is 0 Å². The fourth-order valence-electron chi connectivity index (χ4n) is 2.49. The van der Waals surface area contributed by atoms with Crippen molar-refractivity contribution in [2.45, 2.75) is 12.5 Å². The highest BCUT2D eigenvalue weighted by Crippen LogP contribution is 2.32. The first-order valence-electron chi connectivity index (χ1n) is 5.92. The Morgan fingerprint density at radius 3 is 2.47 bits per heavy atom. The summed E-state index contributed by atoms with van der Waals surface area (Å²) in [6.45, 7) is 1.04. The Labute approximate surface area is 110 Å². The van der Waals surface area contributed by atoms with Crippen molar-refractivity contribution in [3.63, 3.8) is 0 Å². The van der Waals surface area contributed by atoms with Crippen LogP contribution in [0.2, 0.25) is 0 Å². The van der Waals surface area contributed by atoms with E-state index in [4.69, 9.17) is 0 Å². The maximum Gasteiger partial charge on any atom is 0.0590 e. The Morgan fingerprint density at radius 2 is 1.65 bits per heavy atom. The number of rotatable bonds is 1. The van der Waals surface area contributed by atoms with Crippen LogP contribution < -0.4 is 5.32 Å². The second-order valence-electron chi connectivity index (χ2n) is 4.36. The molecule has 2 aromatic carbocycles. The fourth-order valence-corrected chi connectivity index (χ4v) is 3.01. The summed E-state index contributed by atoms with van der Waals surface area (Å²) in [4.78, 5) is 0. The smallest absolute Gasteiger partial charge is 0.0590 e. The molecule has 0 spiro atoms. The molecule has 3 rings (SSSR count). The van der Waals surface area contributed by atoms with E-state index >= 15 is 0 Å². The molecule has 2 aromatic rings. The van der Waals surface area contributed by atoms with Crippen LogP contribution in [0.3, 0.4) is 0 Å². The van der Waals surface area contributed by atoms with Crippen molar-refractivity contribution in [3.8, 4) is 0 Å². The van der Waals surface area contributed by atoms with Gasteiger partial charge in [-0.05, 0) is 29.2 Å². The number of halogens is 1. The number of benzene rings is 2. The molecule has 0 saturated heterocycles. The summed E-state index contributed by atoms with van der Waals surface area (Å²) in [5, 5.41) is 3.60. The molecule has 0 aliphatic carbocycles. The molecule has 1 aliphatic heterocycles. The van der Waals surface area contributed by atoms with Gasteiger partial charge in [0.05, 0.1) is 6.04 Å². The normalized spacial score (nSPS) is 18.8. The van der Waals surface area contributed by atoms with Crippen molar-refractivity contribution >= 4 is 15.9 Å². The standard InChI is InChI=1S/C15H14BrN/c16-14-8-4-3-7-13(14)15-12-6-2-1-5-11(12)9-10-17-15/h1-8,15,17H,9-10H2/t15-/m1/s1. The molecule has 0 fully saturated rings. The van der Waals surface area contributed by atoms with Crippen LogP contribution in [-0.4, -0.2) is 6.54 Å². The van der Waals surface area contributed by atoms with Gasteiger partial charge in [0.15, 0.2) is 0 Å². The maximum absolute atomic E-state index is 3.64. The third kappa shape index (κ3) is 2.03. The van der Waals surface area contributed by atoms with Crippen LogP contribution in [0.1, 0.15) is 22.7 Å². The van der Waals surface area contributed by atoms with E-state index in [-0.39, 0.29) is 0 Å². The van der Waals surface area contributed by atoms with Crippen molar-refractivity contribution < 1.29 is 0 Å².